The largest absolute Gasteiger partial charge is 0.398 e. The van der Waals surface area contributed by atoms with Gasteiger partial charge in [-0.1, -0.05) is 30.2 Å². The summed E-state index contributed by atoms with van der Waals surface area (Å²) in [5.41, 5.74) is 13.2. The number of anilines is 1. The Balaban J connectivity index is 1.41. The molecule has 5 rings (SSSR count). The molecule has 1 fully saturated rings. The molecule has 0 bridgehead atoms. The summed E-state index contributed by atoms with van der Waals surface area (Å²) in [6, 6.07) is 20.3. The van der Waals surface area contributed by atoms with Gasteiger partial charge in [0.1, 0.15) is 19.4 Å². The lowest BCUT2D eigenvalue weighted by Gasteiger charge is -2.26. The molecular weight excluding hydrogens is 524 g/mol. The average Bonchev–Trinajstić information content (AvgIpc) is 3.53. The topological polar surface area (TPSA) is 76.6 Å². The van der Waals surface area contributed by atoms with Crippen molar-refractivity contribution in [1.82, 2.24) is 19.6 Å². The second-order valence-corrected chi connectivity index (χ2v) is 11.0. The molecule has 4 aromatic rings. The third-order valence-corrected chi connectivity index (χ3v) is 7.93. The van der Waals surface area contributed by atoms with Crippen LogP contribution in [0.5, 0.6) is 0 Å². The third-order valence-electron chi connectivity index (χ3n) is 6.80. The molecule has 10 heteroatoms. The fourth-order valence-corrected chi connectivity index (χ4v) is 5.24. The minimum Gasteiger partial charge on any atom is -0.398 e. The summed E-state index contributed by atoms with van der Waals surface area (Å²) in [5, 5.41) is 4.82. The number of carbonyl (C=O) groups excluding carboxylic acids is 1. The van der Waals surface area contributed by atoms with Gasteiger partial charge < -0.3 is 20.3 Å². The summed E-state index contributed by atoms with van der Waals surface area (Å²) in [4.78, 5) is 16.5. The molecule has 2 N–H and O–H groups in total. The number of ether oxygens (including phenoxy) is 1. The van der Waals surface area contributed by atoms with Crippen molar-refractivity contribution in [2.45, 2.75) is 17.5 Å². The molecule has 1 aromatic heterocycles. The standard InChI is InChI=1S/C30H31BFN5O2S/c1-19-18-39-29(36(19)15-14-20-4-13-27(26(33)16-20)40-30(38)35(2)3)25-17-37(24-11-7-22(31)8-12-24)34-28(25)21-5-9-23(32)10-6-21/h4-13,16-17,29H,1,14-15,18,31,33H2,2-3H3. The molecule has 2 heterocycles. The van der Waals surface area contributed by atoms with Gasteiger partial charge in [-0.05, 0) is 72.3 Å². The molecule has 40 heavy (non-hydrogen) atoms. The normalized spacial score (nSPS) is 15.0. The van der Waals surface area contributed by atoms with Gasteiger partial charge in [0, 0.05) is 54.2 Å². The van der Waals surface area contributed by atoms with E-state index in [-0.39, 0.29) is 11.1 Å². The van der Waals surface area contributed by atoms with Gasteiger partial charge in [0.05, 0.1) is 12.3 Å². The lowest BCUT2D eigenvalue weighted by atomic mass is 9.96. The molecule has 3 aromatic carbocycles. The monoisotopic (exact) mass is 555 g/mol. The number of thioether (sulfide) groups is 1. The molecule has 0 aliphatic carbocycles. The molecule has 0 radical (unpaired) electrons. The van der Waals surface area contributed by atoms with E-state index < -0.39 is 6.23 Å². The van der Waals surface area contributed by atoms with Crippen LogP contribution < -0.4 is 11.2 Å². The third kappa shape index (κ3) is 5.93. The number of carbonyl (C=O) groups is 1. The van der Waals surface area contributed by atoms with Crippen LogP contribution in [-0.4, -0.2) is 59.9 Å². The minimum atomic E-state index is -0.406. The summed E-state index contributed by atoms with van der Waals surface area (Å²) in [5.74, 6) is -0.301. The summed E-state index contributed by atoms with van der Waals surface area (Å²) < 4.78 is 21.8. The van der Waals surface area contributed by atoms with Crippen LogP contribution >= 0.6 is 11.8 Å². The summed E-state index contributed by atoms with van der Waals surface area (Å²) in [7, 11) is 5.47. The van der Waals surface area contributed by atoms with E-state index >= 15 is 0 Å². The van der Waals surface area contributed by atoms with Crippen LogP contribution in [0.15, 0.2) is 90.1 Å². The minimum absolute atomic E-state index is 0.0732. The van der Waals surface area contributed by atoms with Gasteiger partial charge >= 0.3 is 0 Å². The average molecular weight is 555 g/mol. The fraction of sp³-hybridized carbons (Fsp3) is 0.200. The second kappa shape index (κ2) is 11.6. The van der Waals surface area contributed by atoms with Crippen LogP contribution in [0.1, 0.15) is 17.4 Å². The van der Waals surface area contributed by atoms with Crippen LogP contribution in [-0.2, 0) is 11.2 Å². The fourth-order valence-electron chi connectivity index (χ4n) is 4.56. The highest BCUT2D eigenvalue weighted by Gasteiger charge is 2.33. The maximum atomic E-state index is 13.7. The van der Waals surface area contributed by atoms with Crippen LogP contribution in [0, 0.1) is 5.82 Å². The molecule has 1 aliphatic heterocycles. The number of nitrogens with two attached hydrogens (primary N) is 1. The van der Waals surface area contributed by atoms with Gasteiger partial charge in [-0.3, -0.25) is 4.79 Å². The van der Waals surface area contributed by atoms with E-state index in [0.29, 0.717) is 25.3 Å². The van der Waals surface area contributed by atoms with E-state index in [9.17, 15) is 9.18 Å². The zero-order chi connectivity index (χ0) is 28.4. The Labute approximate surface area is 238 Å². The van der Waals surface area contributed by atoms with Crippen molar-refractivity contribution in [1.29, 1.82) is 0 Å². The summed E-state index contributed by atoms with van der Waals surface area (Å²) in [6.45, 7) is 5.29. The highest BCUT2D eigenvalue weighted by Crippen LogP contribution is 2.38. The van der Waals surface area contributed by atoms with Crippen molar-refractivity contribution in [3.05, 3.63) is 102 Å². The number of rotatable bonds is 7. The Morgan fingerprint density at radius 3 is 2.58 bits per heavy atom. The number of nitrogen functional groups attached to an aromatic ring is 1. The lowest BCUT2D eigenvalue weighted by Crippen LogP contribution is -2.25. The van der Waals surface area contributed by atoms with Gasteiger partial charge in [0.2, 0.25) is 0 Å². The Kier molecular flexibility index (Phi) is 8.00. The first-order valence-electron chi connectivity index (χ1n) is 13.0. The van der Waals surface area contributed by atoms with Gasteiger partial charge in [-0.25, -0.2) is 9.07 Å². The second-order valence-electron chi connectivity index (χ2n) is 10.0. The van der Waals surface area contributed by atoms with Crippen molar-refractivity contribution in [3.8, 4) is 16.9 Å². The number of amides is 1. The molecule has 1 unspecified atom stereocenters. The van der Waals surface area contributed by atoms with Crippen molar-refractivity contribution in [2.24, 2.45) is 0 Å². The molecule has 7 nitrogen and oxygen atoms in total. The van der Waals surface area contributed by atoms with Crippen molar-refractivity contribution < 1.29 is 13.9 Å². The molecule has 1 saturated heterocycles. The van der Waals surface area contributed by atoms with E-state index in [4.69, 9.17) is 15.6 Å². The van der Waals surface area contributed by atoms with E-state index in [2.05, 4.69) is 11.5 Å². The zero-order valence-corrected chi connectivity index (χ0v) is 23.6. The highest BCUT2D eigenvalue weighted by molar-refractivity contribution is 8.13. The van der Waals surface area contributed by atoms with Crippen LogP contribution in [0.25, 0.3) is 16.9 Å². The predicted octanol–water partition coefficient (Wildman–Crippen LogP) is 4.38. The van der Waals surface area contributed by atoms with Gasteiger partial charge in [0.15, 0.2) is 6.23 Å². The predicted molar refractivity (Wildman–Crippen MR) is 161 cm³/mol. The lowest BCUT2D eigenvalue weighted by molar-refractivity contribution is 0.0356. The smallest absolute Gasteiger partial charge is 0.286 e. The highest BCUT2D eigenvalue weighted by atomic mass is 32.2. The van der Waals surface area contributed by atoms with Gasteiger partial charge in [-0.2, -0.15) is 5.10 Å². The van der Waals surface area contributed by atoms with E-state index in [1.807, 2.05) is 61.2 Å². The van der Waals surface area contributed by atoms with E-state index in [1.165, 1.54) is 17.0 Å². The van der Waals surface area contributed by atoms with Crippen LogP contribution in [0.2, 0.25) is 0 Å². The van der Waals surface area contributed by atoms with E-state index in [1.54, 1.807) is 26.2 Å². The first-order valence-corrected chi connectivity index (χ1v) is 13.8. The number of hydrogen-bond acceptors (Lipinski definition) is 6. The summed E-state index contributed by atoms with van der Waals surface area (Å²) in [6.07, 6.45) is 2.27. The Morgan fingerprint density at radius 1 is 1.18 bits per heavy atom. The molecule has 1 atom stereocenters. The number of aromatic nitrogens is 2. The maximum Gasteiger partial charge on any atom is 0.286 e. The number of benzene rings is 3. The molecule has 1 aliphatic rings. The molecule has 0 spiro atoms. The van der Waals surface area contributed by atoms with Crippen molar-refractivity contribution >= 4 is 36.0 Å². The van der Waals surface area contributed by atoms with Crippen LogP contribution in [0.3, 0.4) is 0 Å². The molecule has 204 valence electrons. The number of nitrogens with zero attached hydrogens (tertiary/aromatic N) is 4. The Bertz CT molecular complexity index is 1540. The first-order chi connectivity index (χ1) is 19.2. The van der Waals surface area contributed by atoms with Crippen LogP contribution in [0.4, 0.5) is 14.9 Å². The summed E-state index contributed by atoms with van der Waals surface area (Å²) >= 11 is 1.11. The van der Waals surface area contributed by atoms with Gasteiger partial charge in [0.25, 0.3) is 5.24 Å². The van der Waals surface area contributed by atoms with Crippen molar-refractivity contribution in [3.63, 3.8) is 0 Å². The van der Waals surface area contributed by atoms with E-state index in [0.717, 1.165) is 55.9 Å². The maximum absolute atomic E-state index is 13.7. The first kappa shape index (κ1) is 27.5. The molecular formula is C30H31BFN5O2S. The van der Waals surface area contributed by atoms with Gasteiger partial charge in [-0.15, -0.1) is 0 Å². The Morgan fingerprint density at radius 2 is 1.90 bits per heavy atom. The van der Waals surface area contributed by atoms with Crippen molar-refractivity contribution in [2.75, 3.05) is 33.0 Å². The quantitative estimate of drug-likeness (QED) is 0.207. The Hall–Kier alpha value is -4.02. The zero-order valence-electron chi connectivity index (χ0n) is 22.8. The SMILES string of the molecule is Bc1ccc(-n2cc(C3OCC(=C)N3CCc3ccc(SC(=O)N(C)C)c(N)c3)c(-c3ccc(F)cc3)n2)cc1. The number of hydrogen-bond donors (Lipinski definition) is 1. The molecule has 0 saturated carbocycles. The number of halogens is 1. The molecule has 1 amide bonds.